The van der Waals surface area contributed by atoms with Gasteiger partial charge in [-0.3, -0.25) is 14.7 Å². The van der Waals surface area contributed by atoms with Crippen LogP contribution >= 0.6 is 0 Å². The number of ketones is 1. The molecular weight excluding hydrogens is 362 g/mol. The predicted octanol–water partition coefficient (Wildman–Crippen LogP) is 2.52. The van der Waals surface area contributed by atoms with Gasteiger partial charge < -0.3 is 14.8 Å². The van der Waals surface area contributed by atoms with Crippen LogP contribution in [-0.2, 0) is 0 Å². The maximum atomic E-state index is 12.9. The molecule has 3 N–H and O–H groups in total. The summed E-state index contributed by atoms with van der Waals surface area (Å²) in [5.74, 6) is 0.427. The highest BCUT2D eigenvalue weighted by Crippen LogP contribution is 2.33. The van der Waals surface area contributed by atoms with Gasteiger partial charge >= 0.3 is 0 Å². The number of rotatable bonds is 5. The molecule has 3 rings (SSSR count). The number of aromatic amines is 2. The van der Waals surface area contributed by atoms with E-state index < -0.39 is 11.5 Å². The molecule has 0 aromatic carbocycles. The zero-order chi connectivity index (χ0) is 20.6. The summed E-state index contributed by atoms with van der Waals surface area (Å²) in [7, 11) is 0. The molecule has 3 aromatic rings. The monoisotopic (exact) mass is 385 g/mol. The van der Waals surface area contributed by atoms with Gasteiger partial charge in [0.05, 0.1) is 0 Å². The van der Waals surface area contributed by atoms with Gasteiger partial charge in [-0.2, -0.15) is 10.1 Å². The number of hydrogen-bond donors (Lipinski definition) is 3. The Kier molecular flexibility index (Phi) is 4.88. The topological polar surface area (TPSA) is 142 Å². The first kappa shape index (κ1) is 19.5. The molecule has 0 spiro atoms. The van der Waals surface area contributed by atoms with Crippen molar-refractivity contribution in [3.63, 3.8) is 0 Å². The zero-order valence-electron chi connectivity index (χ0n) is 16.7. The minimum atomic E-state index is -0.562. The lowest BCUT2D eigenvalue weighted by atomic mass is 9.86. The van der Waals surface area contributed by atoms with Crippen molar-refractivity contribution in [3.05, 3.63) is 34.7 Å². The van der Waals surface area contributed by atoms with E-state index in [2.05, 4.69) is 35.6 Å². The van der Waals surface area contributed by atoms with E-state index in [-0.39, 0.29) is 23.4 Å². The Morgan fingerprint density at radius 1 is 1.25 bits per heavy atom. The molecule has 0 aliphatic rings. The number of carbonyl (C=O) groups is 2. The molecule has 0 saturated heterocycles. The predicted molar refractivity (Wildman–Crippen MR) is 99.6 cm³/mol. The molecular formula is C18H23N7O3. The van der Waals surface area contributed by atoms with Crippen LogP contribution < -0.4 is 5.32 Å². The normalized spacial score (nSPS) is 12.8. The minimum absolute atomic E-state index is 0.0914. The van der Waals surface area contributed by atoms with Crippen molar-refractivity contribution < 1.29 is 14.1 Å². The Hall–Kier alpha value is -3.30. The molecule has 0 bridgehead atoms. The van der Waals surface area contributed by atoms with E-state index in [9.17, 15) is 9.59 Å². The van der Waals surface area contributed by atoms with E-state index in [0.29, 0.717) is 28.3 Å². The lowest BCUT2D eigenvalue weighted by molar-refractivity contribution is 0.0875. The molecule has 0 aliphatic heterocycles. The van der Waals surface area contributed by atoms with E-state index in [0.717, 1.165) is 0 Å². The number of H-pyrrole nitrogens is 2. The largest absolute Gasteiger partial charge is 0.354 e. The third-order valence-corrected chi connectivity index (χ3v) is 4.47. The van der Waals surface area contributed by atoms with Gasteiger partial charge in [0.2, 0.25) is 11.7 Å². The van der Waals surface area contributed by atoms with Crippen LogP contribution in [0.3, 0.4) is 0 Å². The third kappa shape index (κ3) is 3.57. The van der Waals surface area contributed by atoms with E-state index in [1.165, 1.54) is 13.3 Å². The average molecular weight is 385 g/mol. The fourth-order valence-corrected chi connectivity index (χ4v) is 3.12. The van der Waals surface area contributed by atoms with Crippen LogP contribution in [0.2, 0.25) is 0 Å². The van der Waals surface area contributed by atoms with Gasteiger partial charge in [-0.05, 0) is 31.7 Å². The lowest BCUT2D eigenvalue weighted by Gasteiger charge is -2.28. The zero-order valence-corrected chi connectivity index (χ0v) is 16.7. The number of carbonyl (C=O) groups excluding carboxylic acids is 2. The summed E-state index contributed by atoms with van der Waals surface area (Å²) in [6.07, 6.45) is 1.34. The minimum Gasteiger partial charge on any atom is -0.354 e. The van der Waals surface area contributed by atoms with E-state index in [1.54, 1.807) is 13.8 Å². The smallest absolute Gasteiger partial charge is 0.268 e. The molecule has 28 heavy (non-hydrogen) atoms. The SMILES string of the molecule is CC(=O)c1c(C)[nH]c(C(=O)N[C@H](c2nc(-c3ncn[nH]3)no2)C(C)(C)C)c1C. The molecule has 1 atom stereocenters. The number of nitrogens with one attached hydrogen (secondary N) is 3. The van der Waals surface area contributed by atoms with E-state index in [1.807, 2.05) is 20.8 Å². The molecule has 3 aromatic heterocycles. The summed E-state index contributed by atoms with van der Waals surface area (Å²) in [6.45, 7) is 10.8. The maximum Gasteiger partial charge on any atom is 0.268 e. The Morgan fingerprint density at radius 3 is 2.50 bits per heavy atom. The second-order valence-corrected chi connectivity index (χ2v) is 7.74. The Morgan fingerprint density at radius 2 is 1.96 bits per heavy atom. The number of Topliss-reactive ketones (excluding diaryl/α,β-unsaturated/α-hetero) is 1. The average Bonchev–Trinajstić information content (AvgIpc) is 3.30. The van der Waals surface area contributed by atoms with Crippen LogP contribution in [0.5, 0.6) is 0 Å². The fourth-order valence-electron chi connectivity index (χ4n) is 3.12. The van der Waals surface area contributed by atoms with Gasteiger partial charge in [-0.25, -0.2) is 4.98 Å². The van der Waals surface area contributed by atoms with Crippen molar-refractivity contribution in [3.8, 4) is 11.6 Å². The summed E-state index contributed by atoms with van der Waals surface area (Å²) in [4.78, 5) is 36.1. The first-order chi connectivity index (χ1) is 13.1. The number of nitrogens with zero attached hydrogens (tertiary/aromatic N) is 4. The van der Waals surface area contributed by atoms with Gasteiger partial charge in [-0.1, -0.05) is 25.9 Å². The van der Waals surface area contributed by atoms with Crippen LogP contribution in [0.1, 0.15) is 71.7 Å². The van der Waals surface area contributed by atoms with Crippen LogP contribution in [0.25, 0.3) is 11.6 Å². The third-order valence-electron chi connectivity index (χ3n) is 4.47. The second kappa shape index (κ2) is 7.02. The van der Waals surface area contributed by atoms with Gasteiger partial charge in [0.1, 0.15) is 18.1 Å². The summed E-state index contributed by atoms with van der Waals surface area (Å²) in [5, 5.41) is 13.3. The van der Waals surface area contributed by atoms with E-state index >= 15 is 0 Å². The van der Waals surface area contributed by atoms with Crippen molar-refractivity contribution in [1.29, 1.82) is 0 Å². The van der Waals surface area contributed by atoms with Gasteiger partial charge in [0.25, 0.3) is 5.91 Å². The maximum absolute atomic E-state index is 12.9. The summed E-state index contributed by atoms with van der Waals surface area (Å²) in [5.41, 5.74) is 1.73. The summed E-state index contributed by atoms with van der Waals surface area (Å²) >= 11 is 0. The lowest BCUT2D eigenvalue weighted by Crippen LogP contribution is -2.37. The van der Waals surface area contributed by atoms with Crippen LogP contribution in [0.4, 0.5) is 0 Å². The van der Waals surface area contributed by atoms with Crippen LogP contribution in [0, 0.1) is 19.3 Å². The summed E-state index contributed by atoms with van der Waals surface area (Å²) in [6, 6.07) is -0.562. The quantitative estimate of drug-likeness (QED) is 0.573. The van der Waals surface area contributed by atoms with Crippen LogP contribution in [0.15, 0.2) is 10.9 Å². The Labute approximate surface area is 161 Å². The number of hydrogen-bond acceptors (Lipinski definition) is 7. The molecule has 10 heteroatoms. The molecule has 0 aliphatic carbocycles. The van der Waals surface area contributed by atoms with Crippen molar-refractivity contribution in [2.45, 2.75) is 47.6 Å². The van der Waals surface area contributed by atoms with Gasteiger partial charge in [-0.15, -0.1) is 0 Å². The van der Waals surface area contributed by atoms with Crippen LogP contribution in [-0.4, -0.2) is 42.0 Å². The first-order valence-electron chi connectivity index (χ1n) is 8.80. The molecule has 0 fully saturated rings. The second-order valence-electron chi connectivity index (χ2n) is 7.74. The molecule has 148 valence electrons. The highest BCUT2D eigenvalue weighted by molar-refractivity contribution is 6.02. The highest BCUT2D eigenvalue weighted by atomic mass is 16.5. The standard InChI is InChI=1S/C18H23N7O3/c1-8-11(10(3)26)9(2)21-12(8)16(27)22-13(18(4,5)6)17-23-15(25-28-17)14-19-7-20-24-14/h7,13,21H,1-6H3,(H,22,27)(H,19,20,24)/t13-/m1/s1. The summed E-state index contributed by atoms with van der Waals surface area (Å²) < 4.78 is 5.38. The molecule has 0 saturated carbocycles. The molecule has 3 heterocycles. The van der Waals surface area contributed by atoms with Gasteiger partial charge in [0, 0.05) is 11.3 Å². The van der Waals surface area contributed by atoms with Crippen molar-refractivity contribution in [2.75, 3.05) is 0 Å². The Bertz CT molecular complexity index is 1010. The van der Waals surface area contributed by atoms with Gasteiger partial charge in [0.15, 0.2) is 11.6 Å². The van der Waals surface area contributed by atoms with Crippen molar-refractivity contribution in [1.82, 2.24) is 35.6 Å². The fraction of sp³-hybridized carbons (Fsp3) is 0.444. The Balaban J connectivity index is 1.91. The first-order valence-corrected chi connectivity index (χ1v) is 8.80. The molecule has 1 amide bonds. The highest BCUT2D eigenvalue weighted by Gasteiger charge is 2.34. The number of aryl methyl sites for hydroxylation is 1. The molecule has 10 nitrogen and oxygen atoms in total. The van der Waals surface area contributed by atoms with Crippen molar-refractivity contribution in [2.24, 2.45) is 5.41 Å². The van der Waals surface area contributed by atoms with E-state index in [4.69, 9.17) is 4.52 Å². The number of aromatic nitrogens is 6. The molecule has 0 unspecified atom stereocenters. The number of amides is 1. The molecule has 0 radical (unpaired) electrons. The van der Waals surface area contributed by atoms with Crippen molar-refractivity contribution >= 4 is 11.7 Å².